The number of anilines is 2. The van der Waals surface area contributed by atoms with Crippen LogP contribution in [0.4, 0.5) is 30.4 Å². The second kappa shape index (κ2) is 9.01. The Hall–Kier alpha value is -3.01. The van der Waals surface area contributed by atoms with Crippen molar-refractivity contribution in [2.75, 3.05) is 23.3 Å². The van der Waals surface area contributed by atoms with Crippen LogP contribution in [0.3, 0.4) is 0 Å². The number of nitrogens with one attached hydrogen (secondary N) is 1. The molecule has 1 saturated heterocycles. The highest BCUT2D eigenvalue weighted by Gasteiger charge is 2.33. The number of aliphatic imine (C=N–C) groups is 1. The maximum Gasteiger partial charge on any atom is 0.259 e. The first-order chi connectivity index (χ1) is 14.6. The fourth-order valence-corrected chi connectivity index (χ4v) is 3.42. The molecule has 1 aromatic heterocycles. The zero-order valence-corrected chi connectivity index (χ0v) is 17.5. The number of hydrogen-bond donors (Lipinski definition) is 3. The number of aromatic nitrogens is 1. The third kappa shape index (κ3) is 5.57. The molecule has 5 N–H and O–H groups in total. The summed E-state index contributed by atoms with van der Waals surface area (Å²) in [5, 5.41) is 2.89. The molecule has 0 unspecified atom stereocenters. The summed E-state index contributed by atoms with van der Waals surface area (Å²) in [6.07, 6.45) is -0.296. The molecule has 0 aliphatic carbocycles. The number of guanidine groups is 1. The largest absolute Gasteiger partial charge is 0.370 e. The number of benzene rings is 1. The van der Waals surface area contributed by atoms with E-state index in [0.29, 0.717) is 12.2 Å². The number of carbonyl (C=O) groups excluding carboxylic acids is 1. The number of amides is 1. The Balaban J connectivity index is 1.92. The van der Waals surface area contributed by atoms with Gasteiger partial charge < -0.3 is 21.7 Å². The van der Waals surface area contributed by atoms with Crippen molar-refractivity contribution in [2.45, 2.75) is 32.1 Å². The first-order valence-corrected chi connectivity index (χ1v) is 9.94. The molecule has 3 rings (SSSR count). The Morgan fingerprint density at radius 2 is 2.00 bits per heavy atom. The first-order valence-electron chi connectivity index (χ1n) is 9.56. The molecule has 166 valence electrons. The van der Waals surface area contributed by atoms with Crippen LogP contribution in [0.2, 0.25) is 5.02 Å². The van der Waals surface area contributed by atoms with Crippen molar-refractivity contribution in [2.24, 2.45) is 16.5 Å². The zero-order valence-electron chi connectivity index (χ0n) is 16.8. The number of hydrogen-bond acceptors (Lipinski definition) is 4. The minimum absolute atomic E-state index is 0.0482. The molecule has 1 aliphatic rings. The number of halogens is 4. The quantitative estimate of drug-likeness (QED) is 0.478. The number of pyridine rings is 1. The van der Waals surface area contributed by atoms with Crippen LogP contribution in [0.5, 0.6) is 0 Å². The number of aryl methyl sites for hydroxylation is 1. The average molecular weight is 455 g/mol. The molecule has 0 saturated carbocycles. The van der Waals surface area contributed by atoms with E-state index in [2.05, 4.69) is 15.3 Å². The third-order valence-corrected chi connectivity index (χ3v) is 5.23. The van der Waals surface area contributed by atoms with Gasteiger partial charge in [-0.3, -0.25) is 4.79 Å². The van der Waals surface area contributed by atoms with Gasteiger partial charge in [-0.05, 0) is 37.6 Å². The van der Waals surface area contributed by atoms with E-state index in [4.69, 9.17) is 23.1 Å². The highest BCUT2D eigenvalue weighted by Crippen LogP contribution is 2.32. The lowest BCUT2D eigenvalue weighted by Crippen LogP contribution is -2.29. The van der Waals surface area contributed by atoms with Crippen molar-refractivity contribution >= 4 is 40.7 Å². The van der Waals surface area contributed by atoms with Crippen LogP contribution in [0.1, 0.15) is 35.3 Å². The van der Waals surface area contributed by atoms with E-state index in [0.717, 1.165) is 6.07 Å². The molecule has 31 heavy (non-hydrogen) atoms. The molecule has 0 spiro atoms. The molecule has 1 fully saturated rings. The maximum absolute atomic E-state index is 13.9. The van der Waals surface area contributed by atoms with Crippen LogP contribution in [0.25, 0.3) is 0 Å². The van der Waals surface area contributed by atoms with Crippen molar-refractivity contribution in [3.63, 3.8) is 0 Å². The lowest BCUT2D eigenvalue weighted by atomic mass is 10.1. The fraction of sp³-hybridized carbons (Fsp3) is 0.350. The van der Waals surface area contributed by atoms with Gasteiger partial charge in [-0.1, -0.05) is 11.6 Å². The van der Waals surface area contributed by atoms with E-state index in [-0.39, 0.29) is 59.5 Å². The van der Waals surface area contributed by atoms with Crippen LogP contribution in [-0.4, -0.2) is 35.9 Å². The molecule has 0 bridgehead atoms. The topological polar surface area (TPSA) is 110 Å². The predicted molar refractivity (Wildman–Crippen MR) is 115 cm³/mol. The summed E-state index contributed by atoms with van der Waals surface area (Å²) in [7, 11) is 0. The average Bonchev–Trinajstić information content (AvgIpc) is 2.86. The van der Waals surface area contributed by atoms with Crippen LogP contribution < -0.4 is 21.7 Å². The SMILES string of the molecule is Cc1nc(N2CCCC(F)(F)CC2)c(C(=O)Nc2ccc(F)c(N=C(N)N)c2)cc1Cl. The van der Waals surface area contributed by atoms with Gasteiger partial charge in [0, 0.05) is 31.6 Å². The van der Waals surface area contributed by atoms with Crippen molar-refractivity contribution in [3.05, 3.63) is 46.4 Å². The fourth-order valence-electron chi connectivity index (χ4n) is 3.27. The minimum Gasteiger partial charge on any atom is -0.370 e. The van der Waals surface area contributed by atoms with E-state index in [9.17, 15) is 18.0 Å². The van der Waals surface area contributed by atoms with Gasteiger partial charge in [-0.25, -0.2) is 23.1 Å². The molecule has 2 aromatic rings. The van der Waals surface area contributed by atoms with E-state index in [1.165, 1.54) is 18.2 Å². The molecule has 1 aromatic carbocycles. The second-order valence-corrected chi connectivity index (χ2v) is 7.69. The van der Waals surface area contributed by atoms with E-state index in [1.54, 1.807) is 11.8 Å². The molecule has 2 heterocycles. The van der Waals surface area contributed by atoms with Gasteiger partial charge in [0.1, 0.15) is 17.3 Å². The maximum atomic E-state index is 13.9. The predicted octanol–water partition coefficient (Wildman–Crippen LogP) is 3.97. The van der Waals surface area contributed by atoms with Crippen LogP contribution in [0.15, 0.2) is 29.3 Å². The molecule has 1 amide bonds. The first kappa shape index (κ1) is 22.7. The van der Waals surface area contributed by atoms with Gasteiger partial charge in [-0.15, -0.1) is 0 Å². The number of nitrogens with zero attached hydrogens (tertiary/aromatic N) is 3. The summed E-state index contributed by atoms with van der Waals surface area (Å²) < 4.78 is 41.5. The third-order valence-electron chi connectivity index (χ3n) is 4.85. The lowest BCUT2D eigenvalue weighted by molar-refractivity contribution is -0.0102. The highest BCUT2D eigenvalue weighted by molar-refractivity contribution is 6.31. The molecule has 1 aliphatic heterocycles. The number of rotatable bonds is 4. The van der Waals surface area contributed by atoms with Gasteiger partial charge in [0.25, 0.3) is 5.91 Å². The molecular weight excluding hydrogens is 433 g/mol. The minimum atomic E-state index is -2.76. The van der Waals surface area contributed by atoms with Crippen LogP contribution in [-0.2, 0) is 0 Å². The van der Waals surface area contributed by atoms with Crippen molar-refractivity contribution < 1.29 is 18.0 Å². The Labute approximate surface area is 182 Å². The summed E-state index contributed by atoms with van der Waals surface area (Å²) in [6, 6.07) is 5.16. The normalized spacial score (nSPS) is 15.8. The van der Waals surface area contributed by atoms with Gasteiger partial charge >= 0.3 is 0 Å². The van der Waals surface area contributed by atoms with E-state index < -0.39 is 17.6 Å². The van der Waals surface area contributed by atoms with Gasteiger partial charge in [0.2, 0.25) is 5.92 Å². The summed E-state index contributed by atoms with van der Waals surface area (Å²) in [4.78, 5) is 22.7. The second-order valence-electron chi connectivity index (χ2n) is 7.28. The standard InChI is InChI=1S/C20H22ClF3N6O/c1-11-14(21)10-13(17(27-11)30-7-2-5-20(23,24)6-8-30)18(31)28-12-3-4-15(22)16(9-12)29-19(25)26/h3-4,9-10H,2,5-8H2,1H3,(H,28,31)(H4,25,26,29). The van der Waals surface area contributed by atoms with Crippen molar-refractivity contribution in [1.29, 1.82) is 0 Å². The van der Waals surface area contributed by atoms with Gasteiger partial charge in [0.05, 0.1) is 16.3 Å². The molecule has 11 heteroatoms. The molecule has 7 nitrogen and oxygen atoms in total. The molecular formula is C20H22ClF3N6O. The number of nitrogens with two attached hydrogens (primary N) is 2. The molecule has 0 radical (unpaired) electrons. The van der Waals surface area contributed by atoms with Crippen molar-refractivity contribution in [1.82, 2.24) is 4.98 Å². The zero-order chi connectivity index (χ0) is 22.8. The molecule has 0 atom stereocenters. The van der Waals surface area contributed by atoms with Gasteiger partial charge in [0.15, 0.2) is 5.96 Å². The summed E-state index contributed by atoms with van der Waals surface area (Å²) in [5.41, 5.74) is 11.3. The van der Waals surface area contributed by atoms with Crippen LogP contribution in [0, 0.1) is 12.7 Å². The lowest BCUT2D eigenvalue weighted by Gasteiger charge is -2.24. The number of carbonyl (C=O) groups is 1. The van der Waals surface area contributed by atoms with Crippen LogP contribution >= 0.6 is 11.6 Å². The highest BCUT2D eigenvalue weighted by atomic mass is 35.5. The van der Waals surface area contributed by atoms with Gasteiger partial charge in [-0.2, -0.15) is 0 Å². The Morgan fingerprint density at radius 3 is 2.71 bits per heavy atom. The van der Waals surface area contributed by atoms with E-state index >= 15 is 0 Å². The smallest absolute Gasteiger partial charge is 0.259 e. The Morgan fingerprint density at radius 1 is 1.26 bits per heavy atom. The monoisotopic (exact) mass is 454 g/mol. The Kier molecular flexibility index (Phi) is 6.59. The summed E-state index contributed by atoms with van der Waals surface area (Å²) in [6.45, 7) is 2.04. The van der Waals surface area contributed by atoms with Crippen molar-refractivity contribution in [3.8, 4) is 0 Å². The summed E-state index contributed by atoms with van der Waals surface area (Å²) in [5.74, 6) is -4.07. The van der Waals surface area contributed by atoms with E-state index in [1.807, 2.05) is 0 Å². The Bertz CT molecular complexity index is 1030. The summed E-state index contributed by atoms with van der Waals surface area (Å²) >= 11 is 6.18. The number of alkyl halides is 2.